The minimum absolute atomic E-state index is 0.0320. The Hall–Kier alpha value is -2.21. The molecule has 22 heavy (non-hydrogen) atoms. The molecule has 2 N–H and O–H groups in total. The van der Waals surface area contributed by atoms with Crippen molar-refractivity contribution in [1.29, 1.82) is 0 Å². The van der Waals surface area contributed by atoms with Gasteiger partial charge in [-0.3, -0.25) is 14.2 Å². The van der Waals surface area contributed by atoms with E-state index in [0.717, 1.165) is 12.8 Å². The zero-order chi connectivity index (χ0) is 15.5. The van der Waals surface area contributed by atoms with Crippen LogP contribution in [-0.2, 0) is 11.3 Å². The van der Waals surface area contributed by atoms with Gasteiger partial charge in [0.2, 0.25) is 5.91 Å². The fraction of sp³-hybridized carbons (Fsp3) is 0.438. The Labute approximate surface area is 127 Å². The van der Waals surface area contributed by atoms with Gasteiger partial charge in [0.25, 0.3) is 5.56 Å². The number of amides is 1. The van der Waals surface area contributed by atoms with Crippen molar-refractivity contribution in [3.8, 4) is 0 Å². The largest absolute Gasteiger partial charge is 0.393 e. The SMILES string of the molecule is O=C(Cn1cnc2ccccc2c1=O)NC1CCC(O)CC1. The van der Waals surface area contributed by atoms with E-state index in [-0.39, 0.29) is 30.2 Å². The number of para-hydroxylation sites is 1. The monoisotopic (exact) mass is 301 g/mol. The summed E-state index contributed by atoms with van der Waals surface area (Å²) in [5.41, 5.74) is 0.422. The molecule has 1 saturated carbocycles. The van der Waals surface area contributed by atoms with Gasteiger partial charge < -0.3 is 10.4 Å². The van der Waals surface area contributed by atoms with Crippen LogP contribution in [0.25, 0.3) is 10.9 Å². The number of nitrogens with one attached hydrogen (secondary N) is 1. The fourth-order valence-corrected chi connectivity index (χ4v) is 2.87. The number of aliphatic hydroxyl groups is 1. The van der Waals surface area contributed by atoms with Gasteiger partial charge in [0.15, 0.2) is 0 Å². The molecule has 0 atom stereocenters. The van der Waals surface area contributed by atoms with Crippen molar-refractivity contribution in [3.63, 3.8) is 0 Å². The van der Waals surface area contributed by atoms with E-state index >= 15 is 0 Å². The number of nitrogens with zero attached hydrogens (tertiary/aromatic N) is 2. The first kappa shape index (κ1) is 14.7. The van der Waals surface area contributed by atoms with Gasteiger partial charge in [-0.25, -0.2) is 4.98 Å². The van der Waals surface area contributed by atoms with Crippen LogP contribution in [0.4, 0.5) is 0 Å². The van der Waals surface area contributed by atoms with Crippen LogP contribution in [-0.4, -0.2) is 32.7 Å². The van der Waals surface area contributed by atoms with E-state index in [9.17, 15) is 14.7 Å². The lowest BCUT2D eigenvalue weighted by molar-refractivity contribution is -0.122. The molecule has 1 aliphatic carbocycles. The van der Waals surface area contributed by atoms with Gasteiger partial charge in [-0.2, -0.15) is 0 Å². The number of hydrogen-bond donors (Lipinski definition) is 2. The van der Waals surface area contributed by atoms with Crippen molar-refractivity contribution in [3.05, 3.63) is 40.9 Å². The minimum atomic E-state index is -0.250. The molecule has 6 heteroatoms. The standard InChI is InChI=1S/C16H19N3O3/c20-12-7-5-11(6-8-12)18-15(21)9-19-10-17-14-4-2-1-3-13(14)16(19)22/h1-4,10-12,20H,5-9H2,(H,18,21). The number of aliphatic hydroxyl groups excluding tert-OH is 1. The predicted molar refractivity (Wildman–Crippen MR) is 82.4 cm³/mol. The topological polar surface area (TPSA) is 84.2 Å². The first-order chi connectivity index (χ1) is 10.6. The zero-order valence-corrected chi connectivity index (χ0v) is 12.2. The van der Waals surface area contributed by atoms with E-state index in [0.29, 0.717) is 23.7 Å². The molecule has 0 unspecified atom stereocenters. The van der Waals surface area contributed by atoms with E-state index < -0.39 is 0 Å². The van der Waals surface area contributed by atoms with Crippen LogP contribution in [0.2, 0.25) is 0 Å². The summed E-state index contributed by atoms with van der Waals surface area (Å²) in [6.07, 6.45) is 4.13. The second kappa shape index (κ2) is 6.27. The van der Waals surface area contributed by atoms with Gasteiger partial charge in [0.05, 0.1) is 23.3 Å². The molecule has 6 nitrogen and oxygen atoms in total. The van der Waals surface area contributed by atoms with Gasteiger partial charge in [0.1, 0.15) is 6.54 Å². The first-order valence-corrected chi connectivity index (χ1v) is 7.55. The summed E-state index contributed by atoms with van der Waals surface area (Å²) in [7, 11) is 0. The van der Waals surface area contributed by atoms with Crippen molar-refractivity contribution >= 4 is 16.8 Å². The highest BCUT2D eigenvalue weighted by Gasteiger charge is 2.21. The van der Waals surface area contributed by atoms with Crippen LogP contribution in [0.3, 0.4) is 0 Å². The van der Waals surface area contributed by atoms with Gasteiger partial charge in [0, 0.05) is 6.04 Å². The zero-order valence-electron chi connectivity index (χ0n) is 12.2. The molecule has 0 saturated heterocycles. The number of hydrogen-bond acceptors (Lipinski definition) is 4. The number of carbonyl (C=O) groups excluding carboxylic acids is 1. The van der Waals surface area contributed by atoms with Gasteiger partial charge in [-0.1, -0.05) is 12.1 Å². The maximum Gasteiger partial charge on any atom is 0.261 e. The fourth-order valence-electron chi connectivity index (χ4n) is 2.87. The Kier molecular flexibility index (Phi) is 4.20. The number of rotatable bonds is 3. The van der Waals surface area contributed by atoms with Crippen LogP contribution < -0.4 is 10.9 Å². The average Bonchev–Trinajstić information content (AvgIpc) is 2.53. The number of fused-ring (bicyclic) bond motifs is 1. The molecular formula is C16H19N3O3. The average molecular weight is 301 g/mol. The quantitative estimate of drug-likeness (QED) is 0.879. The Morgan fingerprint density at radius 1 is 1.27 bits per heavy atom. The second-order valence-electron chi connectivity index (χ2n) is 5.77. The second-order valence-corrected chi connectivity index (χ2v) is 5.77. The summed E-state index contributed by atoms with van der Waals surface area (Å²) in [6, 6.07) is 7.17. The van der Waals surface area contributed by atoms with Crippen molar-refractivity contribution in [1.82, 2.24) is 14.9 Å². The summed E-state index contributed by atoms with van der Waals surface area (Å²) in [5.74, 6) is -0.194. The number of carbonyl (C=O) groups is 1. The van der Waals surface area contributed by atoms with Crippen molar-refractivity contribution in [2.45, 2.75) is 44.4 Å². The van der Waals surface area contributed by atoms with E-state index in [2.05, 4.69) is 10.3 Å². The van der Waals surface area contributed by atoms with Crippen molar-refractivity contribution in [2.75, 3.05) is 0 Å². The van der Waals surface area contributed by atoms with Gasteiger partial charge in [-0.05, 0) is 37.8 Å². The summed E-state index contributed by atoms with van der Waals surface area (Å²) >= 11 is 0. The van der Waals surface area contributed by atoms with Crippen LogP contribution in [0.5, 0.6) is 0 Å². The van der Waals surface area contributed by atoms with Crippen molar-refractivity contribution in [2.24, 2.45) is 0 Å². The van der Waals surface area contributed by atoms with Gasteiger partial charge >= 0.3 is 0 Å². The van der Waals surface area contributed by atoms with Crippen LogP contribution in [0.15, 0.2) is 35.4 Å². The molecule has 0 bridgehead atoms. The summed E-state index contributed by atoms with van der Waals surface area (Å²) in [5, 5.41) is 12.9. The summed E-state index contributed by atoms with van der Waals surface area (Å²) in [6.45, 7) is -0.0320. The molecule has 1 aromatic heterocycles. The smallest absolute Gasteiger partial charge is 0.261 e. The maximum atomic E-state index is 12.3. The lowest BCUT2D eigenvalue weighted by Crippen LogP contribution is -2.41. The molecule has 0 radical (unpaired) electrons. The predicted octanol–water partition coefficient (Wildman–Crippen LogP) is 0.816. The van der Waals surface area contributed by atoms with E-state index in [1.54, 1.807) is 18.2 Å². The van der Waals surface area contributed by atoms with E-state index in [1.807, 2.05) is 6.07 Å². The molecule has 0 aliphatic heterocycles. The highest BCUT2D eigenvalue weighted by molar-refractivity contribution is 5.79. The Bertz CT molecular complexity index is 733. The lowest BCUT2D eigenvalue weighted by Gasteiger charge is -2.26. The third kappa shape index (κ3) is 3.17. The highest BCUT2D eigenvalue weighted by Crippen LogP contribution is 2.18. The molecule has 2 aromatic rings. The van der Waals surface area contributed by atoms with Gasteiger partial charge in [-0.15, -0.1) is 0 Å². The summed E-state index contributed by atoms with van der Waals surface area (Å²) in [4.78, 5) is 28.6. The molecule has 3 rings (SSSR count). The van der Waals surface area contributed by atoms with Crippen molar-refractivity contribution < 1.29 is 9.90 Å². The molecular weight excluding hydrogens is 282 g/mol. The third-order valence-electron chi connectivity index (χ3n) is 4.11. The Morgan fingerprint density at radius 2 is 2.00 bits per heavy atom. The van der Waals surface area contributed by atoms with Crippen LogP contribution >= 0.6 is 0 Å². The third-order valence-corrected chi connectivity index (χ3v) is 4.11. The van der Waals surface area contributed by atoms with Crippen LogP contribution in [0.1, 0.15) is 25.7 Å². The summed E-state index contributed by atoms with van der Waals surface area (Å²) < 4.78 is 1.33. The first-order valence-electron chi connectivity index (χ1n) is 7.55. The molecule has 1 fully saturated rings. The normalized spacial score (nSPS) is 21.7. The maximum absolute atomic E-state index is 12.3. The van der Waals surface area contributed by atoms with E-state index in [4.69, 9.17) is 0 Å². The molecule has 0 spiro atoms. The molecule has 1 heterocycles. The molecule has 116 valence electrons. The molecule has 1 aliphatic rings. The molecule has 1 amide bonds. The Morgan fingerprint density at radius 3 is 2.77 bits per heavy atom. The number of aromatic nitrogens is 2. The lowest BCUT2D eigenvalue weighted by atomic mass is 9.93. The number of benzene rings is 1. The van der Waals surface area contributed by atoms with Crippen LogP contribution in [0, 0.1) is 0 Å². The Balaban J connectivity index is 1.69. The highest BCUT2D eigenvalue weighted by atomic mass is 16.3. The molecule has 1 aromatic carbocycles. The van der Waals surface area contributed by atoms with E-state index in [1.165, 1.54) is 10.9 Å². The minimum Gasteiger partial charge on any atom is -0.393 e.